The maximum atomic E-state index is 12.8. The normalized spacial score (nSPS) is 15.6. The predicted octanol–water partition coefficient (Wildman–Crippen LogP) is 3.04. The van der Waals surface area contributed by atoms with Gasteiger partial charge >= 0.3 is 0 Å². The fourth-order valence-corrected chi connectivity index (χ4v) is 7.34. The minimum atomic E-state index is -3.57. The van der Waals surface area contributed by atoms with Gasteiger partial charge in [0.25, 0.3) is 15.6 Å². The fraction of sp³-hybridized carbons (Fsp3) is 0.211. The summed E-state index contributed by atoms with van der Waals surface area (Å²) in [4.78, 5) is 19.7. The summed E-state index contributed by atoms with van der Waals surface area (Å²) in [6, 6.07) is 14.2. The zero-order valence-corrected chi connectivity index (χ0v) is 19.2. The van der Waals surface area contributed by atoms with Crippen molar-refractivity contribution in [2.75, 3.05) is 31.1 Å². The Morgan fingerprint density at radius 1 is 0.968 bits per heavy atom. The third kappa shape index (κ3) is 3.87. The largest absolute Gasteiger partial charge is 0.354 e. The van der Waals surface area contributed by atoms with Gasteiger partial charge in [0, 0.05) is 37.8 Å². The van der Waals surface area contributed by atoms with E-state index in [2.05, 4.69) is 10.1 Å². The molecule has 0 unspecified atom stereocenters. The number of hydrogen-bond donors (Lipinski definition) is 0. The second-order valence-electron chi connectivity index (χ2n) is 6.87. The summed E-state index contributed by atoms with van der Waals surface area (Å²) in [5.74, 6) is 0.532. The molecule has 0 aliphatic carbocycles. The average molecular weight is 494 g/mol. The number of rotatable bonds is 4. The van der Waals surface area contributed by atoms with Gasteiger partial charge in [0.2, 0.25) is 4.96 Å². The van der Waals surface area contributed by atoms with E-state index < -0.39 is 10.0 Å². The molecule has 1 aliphatic heterocycles. The van der Waals surface area contributed by atoms with Crippen molar-refractivity contribution in [3.05, 3.63) is 63.2 Å². The second kappa shape index (κ2) is 7.99. The SMILES string of the molecule is O=c1cc(N2CCN(S(=O)(=O)c3ccc(Cl)s3)CC2)nc2sc(-c3ccccc3)nn12. The monoisotopic (exact) mass is 493 g/mol. The summed E-state index contributed by atoms with van der Waals surface area (Å²) < 4.78 is 29.0. The van der Waals surface area contributed by atoms with E-state index in [4.69, 9.17) is 11.6 Å². The molecule has 3 aromatic heterocycles. The average Bonchev–Trinajstić information content (AvgIpc) is 3.41. The lowest BCUT2D eigenvalue weighted by Crippen LogP contribution is -2.49. The molecule has 4 aromatic rings. The van der Waals surface area contributed by atoms with Crippen molar-refractivity contribution in [2.24, 2.45) is 0 Å². The Labute approximate surface area is 191 Å². The lowest BCUT2D eigenvalue weighted by Gasteiger charge is -2.34. The summed E-state index contributed by atoms with van der Waals surface area (Å²) in [5.41, 5.74) is 0.660. The molecule has 1 aliphatic rings. The number of anilines is 1. The molecule has 4 heterocycles. The van der Waals surface area contributed by atoms with Crippen LogP contribution in [0.4, 0.5) is 5.82 Å². The molecule has 8 nitrogen and oxygen atoms in total. The Morgan fingerprint density at radius 3 is 2.39 bits per heavy atom. The first-order chi connectivity index (χ1) is 14.9. The first-order valence-corrected chi connectivity index (χ1v) is 12.8. The van der Waals surface area contributed by atoms with Crippen LogP contribution in [-0.2, 0) is 10.0 Å². The van der Waals surface area contributed by atoms with Gasteiger partial charge in [-0.2, -0.15) is 13.9 Å². The summed E-state index contributed by atoms with van der Waals surface area (Å²) >= 11 is 8.29. The number of hydrogen-bond acceptors (Lipinski definition) is 8. The quantitative estimate of drug-likeness (QED) is 0.434. The smallest absolute Gasteiger partial charge is 0.277 e. The van der Waals surface area contributed by atoms with E-state index in [0.29, 0.717) is 46.3 Å². The van der Waals surface area contributed by atoms with Crippen molar-refractivity contribution in [3.8, 4) is 10.6 Å². The number of nitrogens with zero attached hydrogens (tertiary/aromatic N) is 5. The van der Waals surface area contributed by atoms with Crippen LogP contribution in [0.3, 0.4) is 0 Å². The summed E-state index contributed by atoms with van der Waals surface area (Å²) in [5, 5.41) is 5.11. The summed E-state index contributed by atoms with van der Waals surface area (Å²) in [6.45, 7) is 1.48. The molecular weight excluding hydrogens is 478 g/mol. The van der Waals surface area contributed by atoms with E-state index in [-0.39, 0.29) is 9.77 Å². The Bertz CT molecular complexity index is 1410. The Hall–Kier alpha value is -2.31. The van der Waals surface area contributed by atoms with Crippen LogP contribution in [0.5, 0.6) is 0 Å². The zero-order valence-electron chi connectivity index (χ0n) is 16.0. The second-order valence-corrected chi connectivity index (χ2v) is 11.7. The van der Waals surface area contributed by atoms with E-state index in [1.165, 1.54) is 32.3 Å². The molecule has 160 valence electrons. The molecule has 5 rings (SSSR count). The minimum absolute atomic E-state index is 0.238. The van der Waals surface area contributed by atoms with Crippen LogP contribution in [0, 0.1) is 0 Å². The number of sulfonamides is 1. The van der Waals surface area contributed by atoms with Crippen LogP contribution in [0.15, 0.2) is 57.5 Å². The van der Waals surface area contributed by atoms with Gasteiger partial charge in [-0.3, -0.25) is 4.79 Å². The van der Waals surface area contributed by atoms with Gasteiger partial charge in [0.15, 0.2) is 0 Å². The molecule has 1 saturated heterocycles. The molecule has 1 aromatic carbocycles. The summed E-state index contributed by atoms with van der Waals surface area (Å²) in [7, 11) is -3.57. The molecular formula is C19H16ClN5O3S3. The Balaban J connectivity index is 1.38. The topological polar surface area (TPSA) is 87.9 Å². The standard InChI is InChI=1S/C19H16ClN5O3S3/c20-14-6-7-17(29-14)31(27,28)24-10-8-23(9-11-24)15-12-16(26)25-19(21-15)30-18(22-25)13-4-2-1-3-5-13/h1-7,12H,8-11H2. The highest BCUT2D eigenvalue weighted by molar-refractivity contribution is 7.91. The molecule has 1 fully saturated rings. The van der Waals surface area contributed by atoms with E-state index in [0.717, 1.165) is 16.9 Å². The van der Waals surface area contributed by atoms with Gasteiger partial charge < -0.3 is 4.90 Å². The fourth-order valence-electron chi connectivity index (χ4n) is 3.38. The third-order valence-corrected chi connectivity index (χ3v) is 9.51. The molecule has 0 amide bonds. The predicted molar refractivity (Wildman–Crippen MR) is 123 cm³/mol. The highest BCUT2D eigenvalue weighted by Crippen LogP contribution is 2.29. The van der Waals surface area contributed by atoms with Gasteiger partial charge in [-0.15, -0.1) is 11.3 Å². The van der Waals surface area contributed by atoms with Crippen molar-refractivity contribution >= 4 is 55.1 Å². The van der Waals surface area contributed by atoms with Gasteiger partial charge in [-0.05, 0) is 12.1 Å². The van der Waals surface area contributed by atoms with E-state index >= 15 is 0 Å². The molecule has 12 heteroatoms. The van der Waals surface area contributed by atoms with Gasteiger partial charge in [0.05, 0.1) is 4.34 Å². The number of thiophene rings is 1. The van der Waals surface area contributed by atoms with Gasteiger partial charge in [-0.25, -0.2) is 13.4 Å². The highest BCUT2D eigenvalue weighted by atomic mass is 35.5. The molecule has 0 spiro atoms. The van der Waals surface area contributed by atoms with E-state index in [1.54, 1.807) is 6.07 Å². The molecule has 0 saturated carbocycles. The maximum Gasteiger partial charge on any atom is 0.277 e. The first kappa shape index (κ1) is 20.6. The highest BCUT2D eigenvalue weighted by Gasteiger charge is 2.30. The number of piperazine rings is 1. The van der Waals surface area contributed by atoms with Crippen LogP contribution >= 0.6 is 34.3 Å². The molecule has 0 bridgehead atoms. The number of aromatic nitrogens is 3. The van der Waals surface area contributed by atoms with Crippen molar-refractivity contribution in [1.82, 2.24) is 18.9 Å². The van der Waals surface area contributed by atoms with Crippen LogP contribution in [0.25, 0.3) is 15.5 Å². The lowest BCUT2D eigenvalue weighted by atomic mass is 10.2. The van der Waals surface area contributed by atoms with E-state index in [1.807, 2.05) is 35.2 Å². The molecule has 0 N–H and O–H groups in total. The van der Waals surface area contributed by atoms with Crippen molar-refractivity contribution in [2.45, 2.75) is 4.21 Å². The van der Waals surface area contributed by atoms with Crippen molar-refractivity contribution < 1.29 is 8.42 Å². The first-order valence-electron chi connectivity index (χ1n) is 9.38. The maximum absolute atomic E-state index is 12.8. The van der Waals surface area contributed by atoms with Gasteiger partial charge in [0.1, 0.15) is 15.0 Å². The third-order valence-electron chi connectivity index (χ3n) is 4.96. The molecule has 0 radical (unpaired) electrons. The van der Waals surface area contributed by atoms with Crippen LogP contribution < -0.4 is 10.5 Å². The minimum Gasteiger partial charge on any atom is -0.354 e. The molecule has 31 heavy (non-hydrogen) atoms. The van der Waals surface area contributed by atoms with Crippen LogP contribution in [0.1, 0.15) is 0 Å². The van der Waals surface area contributed by atoms with Crippen molar-refractivity contribution in [1.29, 1.82) is 0 Å². The number of fused-ring (bicyclic) bond motifs is 1. The summed E-state index contributed by atoms with van der Waals surface area (Å²) in [6.07, 6.45) is 0. The molecule has 0 atom stereocenters. The number of benzene rings is 1. The Kier molecular flexibility index (Phi) is 5.30. The zero-order chi connectivity index (χ0) is 21.6. The van der Waals surface area contributed by atoms with Gasteiger partial charge in [-0.1, -0.05) is 53.3 Å². The number of halogens is 1. The van der Waals surface area contributed by atoms with Crippen LogP contribution in [0.2, 0.25) is 4.34 Å². The van der Waals surface area contributed by atoms with Crippen molar-refractivity contribution in [3.63, 3.8) is 0 Å². The van der Waals surface area contributed by atoms with E-state index in [9.17, 15) is 13.2 Å². The lowest BCUT2D eigenvalue weighted by molar-refractivity contribution is 0.385. The van der Waals surface area contributed by atoms with Crippen LogP contribution in [-0.4, -0.2) is 53.5 Å². The Morgan fingerprint density at radius 2 is 1.71 bits per heavy atom.